The third-order valence-electron chi connectivity index (χ3n) is 4.44. The maximum atomic E-state index is 12.9. The lowest BCUT2D eigenvalue weighted by molar-refractivity contribution is -0.138. The summed E-state index contributed by atoms with van der Waals surface area (Å²) in [6.45, 7) is 1.99. The first kappa shape index (κ1) is 18.5. The lowest BCUT2D eigenvalue weighted by Crippen LogP contribution is -2.46. The van der Waals surface area contributed by atoms with E-state index in [4.69, 9.17) is 9.47 Å². The van der Waals surface area contributed by atoms with Crippen molar-refractivity contribution in [3.63, 3.8) is 0 Å². The van der Waals surface area contributed by atoms with E-state index in [1.165, 1.54) is 4.90 Å². The number of esters is 1. The van der Waals surface area contributed by atoms with Crippen LogP contribution in [-0.2, 0) is 9.53 Å². The van der Waals surface area contributed by atoms with Crippen molar-refractivity contribution in [1.82, 2.24) is 10.2 Å². The van der Waals surface area contributed by atoms with Crippen LogP contribution in [0.25, 0.3) is 5.70 Å². The monoisotopic (exact) mass is 366 g/mol. The molecule has 0 radical (unpaired) electrons. The summed E-state index contributed by atoms with van der Waals surface area (Å²) in [6, 6.07) is 15.7. The first-order valence-electron chi connectivity index (χ1n) is 8.72. The summed E-state index contributed by atoms with van der Waals surface area (Å²) in [5.41, 5.74) is 2.35. The van der Waals surface area contributed by atoms with Gasteiger partial charge in [0.05, 0.1) is 31.0 Å². The molecule has 3 rings (SSSR count). The Kier molecular flexibility index (Phi) is 5.45. The van der Waals surface area contributed by atoms with Gasteiger partial charge in [0.15, 0.2) is 0 Å². The molecule has 0 bridgehead atoms. The van der Waals surface area contributed by atoms with Gasteiger partial charge in [-0.15, -0.1) is 0 Å². The molecule has 1 unspecified atom stereocenters. The van der Waals surface area contributed by atoms with Crippen LogP contribution in [0, 0.1) is 0 Å². The Morgan fingerprint density at radius 2 is 1.78 bits per heavy atom. The van der Waals surface area contributed by atoms with E-state index in [0.29, 0.717) is 22.6 Å². The number of methoxy groups -OCH3 is 1. The second kappa shape index (κ2) is 7.95. The highest BCUT2D eigenvalue weighted by atomic mass is 16.5. The van der Waals surface area contributed by atoms with E-state index in [1.807, 2.05) is 48.5 Å². The van der Waals surface area contributed by atoms with Crippen LogP contribution in [-0.4, -0.2) is 37.7 Å². The number of nitrogens with one attached hydrogen (secondary N) is 1. The number of carbonyl (C=O) groups is 2. The predicted octanol–water partition coefficient (Wildman–Crippen LogP) is 3.37. The molecule has 0 aromatic heterocycles. The van der Waals surface area contributed by atoms with Gasteiger partial charge < -0.3 is 14.8 Å². The number of para-hydroxylation sites is 1. The summed E-state index contributed by atoms with van der Waals surface area (Å²) in [4.78, 5) is 27.0. The molecule has 1 atom stereocenters. The third-order valence-corrected chi connectivity index (χ3v) is 4.44. The Balaban J connectivity index is 2.27. The molecular weight excluding hydrogens is 344 g/mol. The van der Waals surface area contributed by atoms with Crippen LogP contribution >= 0.6 is 0 Å². The van der Waals surface area contributed by atoms with E-state index in [1.54, 1.807) is 27.1 Å². The lowest BCUT2D eigenvalue weighted by atomic mass is 9.91. The van der Waals surface area contributed by atoms with E-state index in [2.05, 4.69) is 5.32 Å². The fourth-order valence-electron chi connectivity index (χ4n) is 3.22. The minimum absolute atomic E-state index is 0.237. The van der Waals surface area contributed by atoms with Gasteiger partial charge in [-0.3, -0.25) is 4.90 Å². The highest BCUT2D eigenvalue weighted by molar-refractivity contribution is 6.04. The molecule has 1 aliphatic rings. The summed E-state index contributed by atoms with van der Waals surface area (Å²) in [5.74, 6) is 0.112. The second-order valence-corrected chi connectivity index (χ2v) is 6.03. The maximum absolute atomic E-state index is 12.9. The van der Waals surface area contributed by atoms with Gasteiger partial charge in [-0.25, -0.2) is 9.59 Å². The van der Waals surface area contributed by atoms with E-state index < -0.39 is 12.0 Å². The van der Waals surface area contributed by atoms with Crippen molar-refractivity contribution in [2.45, 2.75) is 13.0 Å². The normalized spacial score (nSPS) is 16.8. The molecule has 6 nitrogen and oxygen atoms in total. The van der Waals surface area contributed by atoms with Crippen molar-refractivity contribution in [2.75, 3.05) is 20.8 Å². The molecule has 0 fully saturated rings. The molecule has 27 heavy (non-hydrogen) atoms. The van der Waals surface area contributed by atoms with Gasteiger partial charge in [0.1, 0.15) is 5.75 Å². The van der Waals surface area contributed by atoms with Crippen molar-refractivity contribution >= 4 is 17.7 Å². The summed E-state index contributed by atoms with van der Waals surface area (Å²) < 4.78 is 10.8. The first-order chi connectivity index (χ1) is 13.1. The third kappa shape index (κ3) is 3.51. The van der Waals surface area contributed by atoms with Gasteiger partial charge in [-0.05, 0) is 18.6 Å². The number of rotatable bonds is 5. The standard InChI is InChI=1S/C21H22N2O4/c1-4-27-20(24)17-18(15-12-8-9-13-16(15)26-3)22-21(25)23(2)19(17)14-10-6-5-7-11-14/h5-13,18H,4H2,1-3H3,(H,22,25). The SMILES string of the molecule is CCOC(=O)C1=C(c2ccccc2)N(C)C(=O)NC1c1ccccc1OC. The molecule has 2 aromatic rings. The van der Waals surface area contributed by atoms with Crippen LogP contribution in [0.4, 0.5) is 4.79 Å². The van der Waals surface area contributed by atoms with E-state index in [-0.39, 0.29) is 12.6 Å². The van der Waals surface area contributed by atoms with Gasteiger partial charge in [0.2, 0.25) is 0 Å². The van der Waals surface area contributed by atoms with Crippen molar-refractivity contribution in [1.29, 1.82) is 0 Å². The number of urea groups is 1. The summed E-state index contributed by atoms with van der Waals surface area (Å²) in [6.07, 6.45) is 0. The average molecular weight is 366 g/mol. The largest absolute Gasteiger partial charge is 0.496 e. The zero-order valence-corrected chi connectivity index (χ0v) is 15.6. The average Bonchev–Trinajstić information content (AvgIpc) is 2.70. The van der Waals surface area contributed by atoms with E-state index >= 15 is 0 Å². The fraction of sp³-hybridized carbons (Fsp3) is 0.238. The number of amides is 2. The Morgan fingerprint density at radius 3 is 2.44 bits per heavy atom. The smallest absolute Gasteiger partial charge is 0.338 e. The van der Waals surface area contributed by atoms with Crippen molar-refractivity contribution < 1.29 is 19.1 Å². The van der Waals surface area contributed by atoms with Crippen LogP contribution in [0.2, 0.25) is 0 Å². The Labute approximate surface area is 158 Å². The summed E-state index contributed by atoms with van der Waals surface area (Å²) in [5, 5.41) is 2.89. The zero-order chi connectivity index (χ0) is 19.4. The van der Waals surface area contributed by atoms with Crippen molar-refractivity contribution in [3.8, 4) is 5.75 Å². The molecule has 0 saturated heterocycles. The molecule has 140 valence electrons. The minimum Gasteiger partial charge on any atom is -0.496 e. The maximum Gasteiger partial charge on any atom is 0.338 e. The second-order valence-electron chi connectivity index (χ2n) is 6.03. The number of ether oxygens (including phenoxy) is 2. The minimum atomic E-state index is -0.681. The fourth-order valence-corrected chi connectivity index (χ4v) is 3.22. The highest BCUT2D eigenvalue weighted by Gasteiger charge is 2.38. The molecule has 6 heteroatoms. The van der Waals surface area contributed by atoms with Crippen LogP contribution in [0.5, 0.6) is 5.75 Å². The first-order valence-corrected chi connectivity index (χ1v) is 8.72. The number of carbonyl (C=O) groups excluding carboxylic acids is 2. The molecule has 1 aliphatic heterocycles. The van der Waals surface area contributed by atoms with Crippen LogP contribution in [0.15, 0.2) is 60.2 Å². The van der Waals surface area contributed by atoms with Gasteiger partial charge >= 0.3 is 12.0 Å². The van der Waals surface area contributed by atoms with Gasteiger partial charge in [0, 0.05) is 12.6 Å². The molecule has 2 amide bonds. The lowest BCUT2D eigenvalue weighted by Gasteiger charge is -2.35. The molecule has 1 N–H and O–H groups in total. The topological polar surface area (TPSA) is 67.9 Å². The molecule has 0 spiro atoms. The molecule has 1 heterocycles. The van der Waals surface area contributed by atoms with Gasteiger partial charge in [-0.1, -0.05) is 48.5 Å². The quantitative estimate of drug-likeness (QED) is 0.824. The van der Waals surface area contributed by atoms with Gasteiger partial charge in [0.25, 0.3) is 0 Å². The Bertz CT molecular complexity index is 877. The molecule has 0 aliphatic carbocycles. The predicted molar refractivity (Wildman–Crippen MR) is 102 cm³/mol. The number of hydrogen-bond acceptors (Lipinski definition) is 4. The number of nitrogens with zero attached hydrogens (tertiary/aromatic N) is 1. The zero-order valence-electron chi connectivity index (χ0n) is 15.6. The Morgan fingerprint density at radius 1 is 1.11 bits per heavy atom. The summed E-state index contributed by atoms with van der Waals surface area (Å²) in [7, 11) is 3.19. The molecule has 0 saturated carbocycles. The molecular formula is C21H22N2O4. The van der Waals surface area contributed by atoms with E-state index in [9.17, 15) is 9.59 Å². The number of hydrogen-bond donors (Lipinski definition) is 1. The van der Waals surface area contributed by atoms with Crippen LogP contribution in [0.1, 0.15) is 24.1 Å². The van der Waals surface area contributed by atoms with Crippen LogP contribution in [0.3, 0.4) is 0 Å². The van der Waals surface area contributed by atoms with E-state index in [0.717, 1.165) is 5.56 Å². The van der Waals surface area contributed by atoms with Crippen molar-refractivity contribution in [2.24, 2.45) is 0 Å². The Hall–Kier alpha value is -3.28. The summed E-state index contributed by atoms with van der Waals surface area (Å²) >= 11 is 0. The van der Waals surface area contributed by atoms with Crippen molar-refractivity contribution in [3.05, 3.63) is 71.3 Å². The number of benzene rings is 2. The highest BCUT2D eigenvalue weighted by Crippen LogP contribution is 2.38. The molecule has 2 aromatic carbocycles. The van der Waals surface area contributed by atoms with Gasteiger partial charge in [-0.2, -0.15) is 0 Å². The van der Waals surface area contributed by atoms with Crippen LogP contribution < -0.4 is 10.1 Å².